The Morgan fingerprint density at radius 2 is 2.15 bits per heavy atom. The molecule has 0 spiro atoms. The minimum Gasteiger partial charge on any atom is -0.463 e. The van der Waals surface area contributed by atoms with Gasteiger partial charge in [0.1, 0.15) is 11.3 Å². The summed E-state index contributed by atoms with van der Waals surface area (Å²) >= 11 is 5.91. The zero-order chi connectivity index (χ0) is 14.7. The number of ether oxygens (including phenoxy) is 2. The van der Waals surface area contributed by atoms with Crippen LogP contribution in [0.15, 0.2) is 22.6 Å². The second kappa shape index (κ2) is 5.83. The molecule has 1 N–H and O–H groups in total. The summed E-state index contributed by atoms with van der Waals surface area (Å²) in [6.45, 7) is 1.88. The Hall–Kier alpha value is -2.21. The lowest BCUT2D eigenvalue weighted by Crippen LogP contribution is -2.15. The Morgan fingerprint density at radius 1 is 1.40 bits per heavy atom. The first kappa shape index (κ1) is 14.2. The number of carbonyl (C=O) groups excluding carboxylic acids is 2. The molecule has 0 radical (unpaired) electrons. The molecule has 0 aliphatic heterocycles. The smallest absolute Gasteiger partial charge is 0.411 e. The van der Waals surface area contributed by atoms with Gasteiger partial charge >= 0.3 is 12.1 Å². The van der Waals surface area contributed by atoms with Crippen LogP contribution in [0.4, 0.5) is 10.5 Å². The monoisotopic (exact) mass is 297 g/mol. The summed E-state index contributed by atoms with van der Waals surface area (Å²) in [4.78, 5) is 23.2. The van der Waals surface area contributed by atoms with E-state index in [1.54, 1.807) is 25.1 Å². The van der Waals surface area contributed by atoms with Crippen LogP contribution in [0, 0.1) is 0 Å². The van der Waals surface area contributed by atoms with Crippen molar-refractivity contribution < 1.29 is 23.5 Å². The van der Waals surface area contributed by atoms with Gasteiger partial charge in [0.25, 0.3) is 0 Å². The first-order valence-corrected chi connectivity index (χ1v) is 6.18. The molecule has 0 saturated carbocycles. The van der Waals surface area contributed by atoms with Crippen LogP contribution in [0.2, 0.25) is 5.02 Å². The minimum atomic E-state index is -0.705. The van der Waals surface area contributed by atoms with Crippen LogP contribution in [-0.2, 0) is 9.47 Å². The van der Waals surface area contributed by atoms with Crippen molar-refractivity contribution in [2.75, 3.05) is 19.0 Å². The number of fused-ring (bicyclic) bond motifs is 1. The molecule has 0 aliphatic rings. The highest BCUT2D eigenvalue weighted by Crippen LogP contribution is 2.33. The molecule has 0 fully saturated rings. The molecule has 7 heteroatoms. The molecule has 0 atom stereocenters. The highest BCUT2D eigenvalue weighted by molar-refractivity contribution is 6.31. The van der Waals surface area contributed by atoms with E-state index in [0.29, 0.717) is 16.0 Å². The normalized spacial score (nSPS) is 10.3. The molecule has 6 nitrogen and oxygen atoms in total. The molecule has 0 bridgehead atoms. The van der Waals surface area contributed by atoms with Crippen LogP contribution < -0.4 is 5.32 Å². The van der Waals surface area contributed by atoms with E-state index < -0.39 is 12.1 Å². The van der Waals surface area contributed by atoms with Crippen molar-refractivity contribution >= 4 is 40.3 Å². The number of methoxy groups -OCH3 is 1. The van der Waals surface area contributed by atoms with E-state index in [2.05, 4.69) is 10.1 Å². The van der Waals surface area contributed by atoms with Crippen LogP contribution in [0.5, 0.6) is 0 Å². The highest BCUT2D eigenvalue weighted by Gasteiger charge is 2.23. The molecule has 20 heavy (non-hydrogen) atoms. The van der Waals surface area contributed by atoms with Gasteiger partial charge in [0.2, 0.25) is 5.76 Å². The fourth-order valence-corrected chi connectivity index (χ4v) is 1.87. The third-order valence-electron chi connectivity index (χ3n) is 2.52. The second-order valence-corrected chi connectivity index (χ2v) is 4.22. The standard InChI is InChI=1S/C13H12ClNO5/c1-3-19-13(17)15-10-8-6-7(14)4-5-9(8)20-11(10)12(16)18-2/h4-6H,3H2,1-2H3,(H,15,17). The summed E-state index contributed by atoms with van der Waals surface area (Å²) in [6.07, 6.45) is -0.694. The number of halogens is 1. The van der Waals surface area contributed by atoms with Crippen molar-refractivity contribution in [1.82, 2.24) is 0 Å². The average molecular weight is 298 g/mol. The van der Waals surface area contributed by atoms with Crippen molar-refractivity contribution in [1.29, 1.82) is 0 Å². The molecule has 2 rings (SSSR count). The molecule has 2 aromatic rings. The summed E-state index contributed by atoms with van der Waals surface area (Å²) < 4.78 is 14.8. The van der Waals surface area contributed by atoms with E-state index in [9.17, 15) is 9.59 Å². The number of nitrogens with one attached hydrogen (secondary N) is 1. The van der Waals surface area contributed by atoms with E-state index in [-0.39, 0.29) is 18.1 Å². The van der Waals surface area contributed by atoms with Gasteiger partial charge in [0, 0.05) is 10.4 Å². The molecule has 0 saturated heterocycles. The maximum absolute atomic E-state index is 11.7. The van der Waals surface area contributed by atoms with Gasteiger partial charge in [-0.25, -0.2) is 9.59 Å². The van der Waals surface area contributed by atoms with Crippen LogP contribution >= 0.6 is 11.6 Å². The first-order chi connectivity index (χ1) is 9.56. The molecule has 1 aromatic carbocycles. The number of anilines is 1. The van der Waals surface area contributed by atoms with Crippen LogP contribution in [-0.4, -0.2) is 25.8 Å². The molecular formula is C13H12ClNO5. The predicted octanol–water partition coefficient (Wildman–Crippen LogP) is 3.44. The lowest BCUT2D eigenvalue weighted by molar-refractivity contribution is 0.0569. The Balaban J connectivity index is 2.54. The predicted molar refractivity (Wildman–Crippen MR) is 73.2 cm³/mol. The van der Waals surface area contributed by atoms with Gasteiger partial charge in [-0.05, 0) is 25.1 Å². The lowest BCUT2D eigenvalue weighted by Gasteiger charge is -2.05. The number of hydrogen-bond donors (Lipinski definition) is 1. The molecule has 0 aliphatic carbocycles. The van der Waals surface area contributed by atoms with Gasteiger partial charge in [0.05, 0.1) is 13.7 Å². The van der Waals surface area contributed by atoms with Gasteiger partial charge in [0.15, 0.2) is 0 Å². The molecule has 1 aromatic heterocycles. The van der Waals surface area contributed by atoms with Crippen molar-refractivity contribution in [3.63, 3.8) is 0 Å². The van der Waals surface area contributed by atoms with E-state index in [4.69, 9.17) is 20.8 Å². The van der Waals surface area contributed by atoms with E-state index >= 15 is 0 Å². The van der Waals surface area contributed by atoms with Crippen LogP contribution in [0.1, 0.15) is 17.5 Å². The number of benzene rings is 1. The van der Waals surface area contributed by atoms with Gasteiger partial charge in [-0.15, -0.1) is 0 Å². The van der Waals surface area contributed by atoms with Crippen molar-refractivity contribution in [3.8, 4) is 0 Å². The zero-order valence-electron chi connectivity index (χ0n) is 10.9. The summed E-state index contributed by atoms with van der Waals surface area (Å²) in [5.41, 5.74) is 0.578. The van der Waals surface area contributed by atoms with Crippen molar-refractivity contribution in [3.05, 3.63) is 29.0 Å². The SMILES string of the molecule is CCOC(=O)Nc1c(C(=O)OC)oc2ccc(Cl)cc12. The molecule has 1 heterocycles. The number of hydrogen-bond acceptors (Lipinski definition) is 5. The largest absolute Gasteiger partial charge is 0.463 e. The quantitative estimate of drug-likeness (QED) is 0.878. The van der Waals surface area contributed by atoms with Crippen molar-refractivity contribution in [2.24, 2.45) is 0 Å². The van der Waals surface area contributed by atoms with E-state index in [0.717, 1.165) is 0 Å². The Kier molecular flexibility index (Phi) is 4.14. The Morgan fingerprint density at radius 3 is 2.80 bits per heavy atom. The van der Waals surface area contributed by atoms with Gasteiger partial charge in [-0.3, -0.25) is 5.32 Å². The summed E-state index contributed by atoms with van der Waals surface area (Å²) in [7, 11) is 1.22. The van der Waals surface area contributed by atoms with E-state index in [1.165, 1.54) is 7.11 Å². The maximum atomic E-state index is 11.7. The fourth-order valence-electron chi connectivity index (χ4n) is 1.70. The molecular weight excluding hydrogens is 286 g/mol. The van der Waals surface area contributed by atoms with Gasteiger partial charge in [-0.2, -0.15) is 0 Å². The summed E-state index contributed by atoms with van der Waals surface area (Å²) in [6, 6.07) is 4.79. The maximum Gasteiger partial charge on any atom is 0.411 e. The van der Waals surface area contributed by atoms with Gasteiger partial charge in [-0.1, -0.05) is 11.6 Å². The Bertz CT molecular complexity index is 664. The van der Waals surface area contributed by atoms with Crippen LogP contribution in [0.25, 0.3) is 11.0 Å². The summed E-state index contributed by atoms with van der Waals surface area (Å²) in [5.74, 6) is -0.818. The lowest BCUT2D eigenvalue weighted by atomic mass is 10.2. The topological polar surface area (TPSA) is 77.8 Å². The first-order valence-electron chi connectivity index (χ1n) is 5.81. The van der Waals surface area contributed by atoms with Crippen LogP contribution in [0.3, 0.4) is 0 Å². The zero-order valence-corrected chi connectivity index (χ0v) is 11.6. The third-order valence-corrected chi connectivity index (χ3v) is 2.76. The molecule has 0 unspecified atom stereocenters. The third kappa shape index (κ3) is 2.70. The number of rotatable bonds is 3. The van der Waals surface area contributed by atoms with Gasteiger partial charge < -0.3 is 13.9 Å². The second-order valence-electron chi connectivity index (χ2n) is 3.78. The average Bonchev–Trinajstić information content (AvgIpc) is 2.76. The summed E-state index contributed by atoms with van der Waals surface area (Å²) in [5, 5.41) is 3.40. The van der Waals surface area contributed by atoms with E-state index in [1.807, 2.05) is 0 Å². The number of carbonyl (C=O) groups is 2. The Labute approximate surface area is 119 Å². The number of amides is 1. The highest BCUT2D eigenvalue weighted by atomic mass is 35.5. The fraction of sp³-hybridized carbons (Fsp3) is 0.231. The molecule has 1 amide bonds. The minimum absolute atomic E-state index is 0.113. The number of esters is 1. The van der Waals surface area contributed by atoms with Crippen molar-refractivity contribution in [2.45, 2.75) is 6.92 Å². The molecule has 106 valence electrons. The number of furan rings is 1.